The smallest absolute Gasteiger partial charge is 0.261 e. The number of allylic oxidation sites excluding steroid dienone is 2. The molecule has 0 bridgehead atoms. The zero-order valence-corrected chi connectivity index (χ0v) is 9.82. The van der Waals surface area contributed by atoms with E-state index in [4.69, 9.17) is 4.55 Å². The van der Waals surface area contributed by atoms with Crippen LogP contribution < -0.4 is 0 Å². The highest BCUT2D eigenvalue weighted by Crippen LogP contribution is 2.07. The summed E-state index contributed by atoms with van der Waals surface area (Å²) >= 11 is 0. The second kappa shape index (κ2) is 6.31. The lowest BCUT2D eigenvalue weighted by Crippen LogP contribution is -1.88. The SMILES string of the molecule is CC=C(C)c1ccccn1.CS(=O)(=O)O. The molecule has 0 aliphatic carbocycles. The first kappa shape index (κ1) is 13.8. The van der Waals surface area contributed by atoms with Gasteiger partial charge < -0.3 is 0 Å². The summed E-state index contributed by atoms with van der Waals surface area (Å²) in [6.07, 6.45) is 4.58. The molecule has 1 N–H and O–H groups in total. The lowest BCUT2D eigenvalue weighted by molar-refractivity contribution is 0.490. The molecule has 0 aromatic carbocycles. The van der Waals surface area contributed by atoms with Gasteiger partial charge in [0.1, 0.15) is 0 Å². The Bertz CT molecular complexity index is 402. The van der Waals surface area contributed by atoms with E-state index in [2.05, 4.69) is 18.0 Å². The summed E-state index contributed by atoms with van der Waals surface area (Å²) in [5, 5.41) is 0. The van der Waals surface area contributed by atoms with Gasteiger partial charge in [-0.2, -0.15) is 8.42 Å². The first-order valence-electron chi connectivity index (χ1n) is 4.31. The molecule has 0 saturated heterocycles. The summed E-state index contributed by atoms with van der Waals surface area (Å²) in [6.45, 7) is 4.08. The van der Waals surface area contributed by atoms with Crippen molar-refractivity contribution in [3.8, 4) is 0 Å². The van der Waals surface area contributed by atoms with Crippen molar-refractivity contribution < 1.29 is 13.0 Å². The predicted molar refractivity (Wildman–Crippen MR) is 61.0 cm³/mol. The van der Waals surface area contributed by atoms with E-state index in [0.29, 0.717) is 6.26 Å². The van der Waals surface area contributed by atoms with Crippen molar-refractivity contribution in [2.24, 2.45) is 0 Å². The van der Waals surface area contributed by atoms with Crippen LogP contribution in [0.15, 0.2) is 30.5 Å². The molecule has 84 valence electrons. The zero-order chi connectivity index (χ0) is 11.9. The average molecular weight is 229 g/mol. The number of aromatic nitrogens is 1. The van der Waals surface area contributed by atoms with Gasteiger partial charge in [0.15, 0.2) is 0 Å². The third-order valence-electron chi connectivity index (χ3n) is 1.50. The van der Waals surface area contributed by atoms with E-state index in [1.54, 1.807) is 0 Å². The highest BCUT2D eigenvalue weighted by molar-refractivity contribution is 7.85. The molecular weight excluding hydrogens is 214 g/mol. The van der Waals surface area contributed by atoms with Crippen molar-refractivity contribution in [3.05, 3.63) is 36.2 Å². The molecular formula is C10H15NO3S. The Kier molecular flexibility index (Phi) is 5.81. The standard InChI is InChI=1S/C9H11N.CH4O3S/c1-3-8(2)9-6-4-5-7-10-9;1-5(2,3)4/h3-7H,1-2H3;1H3,(H,2,3,4). The number of hydrogen-bond donors (Lipinski definition) is 1. The summed E-state index contributed by atoms with van der Waals surface area (Å²) in [5.41, 5.74) is 2.28. The largest absolute Gasteiger partial charge is 0.286 e. The summed E-state index contributed by atoms with van der Waals surface area (Å²) < 4.78 is 25.9. The van der Waals surface area contributed by atoms with Crippen molar-refractivity contribution in [1.82, 2.24) is 4.98 Å². The molecule has 1 aromatic rings. The van der Waals surface area contributed by atoms with Crippen LogP contribution >= 0.6 is 0 Å². The van der Waals surface area contributed by atoms with Gasteiger partial charge in [0.05, 0.1) is 11.9 Å². The first-order chi connectivity index (χ1) is 6.84. The lowest BCUT2D eigenvalue weighted by atomic mass is 10.2. The Balaban J connectivity index is 0.000000336. The van der Waals surface area contributed by atoms with E-state index >= 15 is 0 Å². The van der Waals surface area contributed by atoms with Gasteiger partial charge in [-0.05, 0) is 31.6 Å². The third-order valence-corrected chi connectivity index (χ3v) is 1.50. The topological polar surface area (TPSA) is 67.3 Å². The Morgan fingerprint density at radius 3 is 2.33 bits per heavy atom. The summed E-state index contributed by atoms with van der Waals surface area (Å²) in [6, 6.07) is 5.93. The van der Waals surface area contributed by atoms with Crippen LogP contribution in [-0.4, -0.2) is 24.2 Å². The molecule has 0 aliphatic heterocycles. The molecule has 0 amide bonds. The van der Waals surface area contributed by atoms with Gasteiger partial charge in [-0.15, -0.1) is 0 Å². The van der Waals surface area contributed by atoms with E-state index in [0.717, 1.165) is 5.69 Å². The number of rotatable bonds is 1. The monoisotopic (exact) mass is 229 g/mol. The van der Waals surface area contributed by atoms with Crippen LogP contribution in [0.1, 0.15) is 19.5 Å². The molecule has 15 heavy (non-hydrogen) atoms. The Morgan fingerprint density at radius 1 is 1.47 bits per heavy atom. The molecule has 0 fully saturated rings. The maximum absolute atomic E-state index is 9.19. The summed E-state index contributed by atoms with van der Waals surface area (Å²) in [4.78, 5) is 4.18. The second-order valence-corrected chi connectivity index (χ2v) is 4.39. The minimum Gasteiger partial charge on any atom is -0.286 e. The van der Waals surface area contributed by atoms with Gasteiger partial charge in [-0.3, -0.25) is 9.54 Å². The van der Waals surface area contributed by atoms with Gasteiger partial charge in [0, 0.05) is 6.20 Å². The van der Waals surface area contributed by atoms with Gasteiger partial charge in [0.25, 0.3) is 10.1 Å². The second-order valence-electron chi connectivity index (χ2n) is 2.92. The minimum absolute atomic E-state index is 0.715. The molecule has 0 unspecified atom stereocenters. The van der Waals surface area contributed by atoms with Crippen molar-refractivity contribution >= 4 is 15.7 Å². The van der Waals surface area contributed by atoms with E-state index < -0.39 is 10.1 Å². The Morgan fingerprint density at radius 2 is 2.00 bits per heavy atom. The number of pyridine rings is 1. The minimum atomic E-state index is -3.67. The van der Waals surface area contributed by atoms with E-state index in [1.165, 1.54) is 5.57 Å². The quantitative estimate of drug-likeness (QED) is 0.748. The fourth-order valence-corrected chi connectivity index (χ4v) is 0.744. The molecule has 0 radical (unpaired) electrons. The van der Waals surface area contributed by atoms with Crippen LogP contribution in [-0.2, 0) is 10.1 Å². The van der Waals surface area contributed by atoms with Crippen LogP contribution in [0.25, 0.3) is 5.57 Å². The van der Waals surface area contributed by atoms with Gasteiger partial charge in [-0.1, -0.05) is 12.1 Å². The van der Waals surface area contributed by atoms with Crippen molar-refractivity contribution in [3.63, 3.8) is 0 Å². The predicted octanol–water partition coefficient (Wildman–Crippen LogP) is 2.01. The van der Waals surface area contributed by atoms with Crippen molar-refractivity contribution in [2.75, 3.05) is 6.26 Å². The first-order valence-corrected chi connectivity index (χ1v) is 6.16. The highest BCUT2D eigenvalue weighted by atomic mass is 32.2. The van der Waals surface area contributed by atoms with Gasteiger partial charge >= 0.3 is 0 Å². The van der Waals surface area contributed by atoms with Crippen molar-refractivity contribution in [1.29, 1.82) is 0 Å². The lowest BCUT2D eigenvalue weighted by Gasteiger charge is -1.95. The van der Waals surface area contributed by atoms with Gasteiger partial charge in [0.2, 0.25) is 0 Å². The van der Waals surface area contributed by atoms with E-state index in [1.807, 2.05) is 31.3 Å². The van der Waals surface area contributed by atoms with Crippen LogP contribution in [0, 0.1) is 0 Å². The average Bonchev–Trinajstić information content (AvgIpc) is 2.15. The molecule has 0 spiro atoms. The Labute approximate surface area is 90.4 Å². The maximum Gasteiger partial charge on any atom is 0.261 e. The molecule has 0 atom stereocenters. The van der Waals surface area contributed by atoms with Crippen molar-refractivity contribution in [2.45, 2.75) is 13.8 Å². The van der Waals surface area contributed by atoms with Gasteiger partial charge in [-0.25, -0.2) is 0 Å². The maximum atomic E-state index is 9.19. The van der Waals surface area contributed by atoms with E-state index in [9.17, 15) is 8.42 Å². The molecule has 5 heteroatoms. The molecule has 0 aliphatic rings. The number of hydrogen-bond acceptors (Lipinski definition) is 3. The normalized spacial score (nSPS) is 11.6. The molecule has 4 nitrogen and oxygen atoms in total. The van der Waals surface area contributed by atoms with Crippen LogP contribution in [0.5, 0.6) is 0 Å². The fraction of sp³-hybridized carbons (Fsp3) is 0.300. The van der Waals surface area contributed by atoms with Crippen LogP contribution in [0.4, 0.5) is 0 Å². The van der Waals surface area contributed by atoms with E-state index in [-0.39, 0.29) is 0 Å². The molecule has 1 heterocycles. The number of nitrogens with zero attached hydrogens (tertiary/aromatic N) is 1. The third kappa shape index (κ3) is 9.11. The summed E-state index contributed by atoms with van der Waals surface area (Å²) in [7, 11) is -3.67. The summed E-state index contributed by atoms with van der Waals surface area (Å²) in [5.74, 6) is 0. The van der Waals surface area contributed by atoms with Crippen LogP contribution in [0.2, 0.25) is 0 Å². The highest BCUT2D eigenvalue weighted by Gasteiger charge is 1.90. The fourth-order valence-electron chi connectivity index (χ4n) is 0.744. The Hall–Kier alpha value is -1.20. The molecule has 0 saturated carbocycles. The molecule has 1 rings (SSSR count). The molecule has 1 aromatic heterocycles. The van der Waals surface area contributed by atoms with Crippen LogP contribution in [0.3, 0.4) is 0 Å². The zero-order valence-electron chi connectivity index (χ0n) is 9.01.